The summed E-state index contributed by atoms with van der Waals surface area (Å²) in [5.74, 6) is -0.0277. The fourth-order valence-electron chi connectivity index (χ4n) is 14.9. The molecule has 5 aliphatic carbocycles. The summed E-state index contributed by atoms with van der Waals surface area (Å²) in [6, 6.07) is 0. The van der Waals surface area contributed by atoms with Gasteiger partial charge in [0.1, 0.15) is 36.1 Å². The molecule has 2 spiro atoms. The monoisotopic (exact) mass is 784 g/mol. The maximum Gasteiger partial charge on any atom is 0.187 e. The molecule has 0 aromatic heterocycles. The summed E-state index contributed by atoms with van der Waals surface area (Å²) in [4.78, 5) is 0. The molecule has 0 aromatic carbocycles. The third-order valence-electron chi connectivity index (χ3n) is 17.7. The van der Waals surface area contributed by atoms with Crippen molar-refractivity contribution in [1.82, 2.24) is 0 Å². The molecule has 1 unspecified atom stereocenters. The molecular weight excluding hydrogens is 716 g/mol. The van der Waals surface area contributed by atoms with E-state index in [1.807, 2.05) is 0 Å². The molecule has 8 aliphatic rings. The van der Waals surface area contributed by atoms with Gasteiger partial charge in [-0.1, -0.05) is 27.7 Å². The van der Waals surface area contributed by atoms with Crippen LogP contribution < -0.4 is 0 Å². The largest absolute Gasteiger partial charge is 0.394 e. The molecule has 0 bridgehead atoms. The van der Waals surface area contributed by atoms with E-state index in [1.165, 1.54) is 0 Å². The van der Waals surface area contributed by atoms with Gasteiger partial charge in [-0.25, -0.2) is 0 Å². The maximum absolute atomic E-state index is 12.4. The molecule has 9 N–H and O–H groups in total. The molecule has 8 fully saturated rings. The van der Waals surface area contributed by atoms with Crippen molar-refractivity contribution in [2.75, 3.05) is 19.8 Å². The highest BCUT2D eigenvalue weighted by Gasteiger charge is 2.85. The molecule has 0 amide bonds. The van der Waals surface area contributed by atoms with E-state index < -0.39 is 103 Å². The molecule has 14 nitrogen and oxygen atoms in total. The number of aliphatic hydroxyl groups excluding tert-OH is 7. The smallest absolute Gasteiger partial charge is 0.187 e. The zero-order valence-electron chi connectivity index (χ0n) is 33.6. The van der Waals surface area contributed by atoms with Crippen LogP contribution in [0.4, 0.5) is 0 Å². The van der Waals surface area contributed by atoms with Gasteiger partial charge >= 0.3 is 0 Å². The predicted octanol–water partition coefficient (Wildman–Crippen LogP) is 0.726. The first kappa shape index (κ1) is 41.2. The fourth-order valence-corrected chi connectivity index (χ4v) is 14.9. The van der Waals surface area contributed by atoms with E-state index in [0.717, 1.165) is 38.5 Å². The molecule has 14 heteroatoms. The standard InChI is InChI=1S/C41H68O14/c1-34(2)24(53-32-28(27(47)26(46)22(16-42)52-32)54-33-31(48)41(50,18-43)19-51-33)9-11-40-17-39(40)13-12-36(5)30(38(7)10-8-25(55-38)35(3,4)49)21(45)15-37(36,6)23(39)14-20(44)29(34)40/h20-33,42-50H,8-19H2,1-7H3/t20-,21-,22+,23-,24-,25-,26+,27-,28+,29?,30-,31-,32-,33-,36+,37-,38+,39-,40+,41+/m0/s1. The normalized spacial score (nSPS) is 58.5. The fraction of sp³-hybridized carbons (Fsp3) is 1.00. The van der Waals surface area contributed by atoms with E-state index in [9.17, 15) is 46.0 Å². The van der Waals surface area contributed by atoms with Gasteiger partial charge < -0.3 is 69.6 Å². The molecule has 3 saturated heterocycles. The summed E-state index contributed by atoms with van der Waals surface area (Å²) in [6.07, 6.45) is -5.03. The van der Waals surface area contributed by atoms with Crippen LogP contribution in [-0.4, -0.2) is 150 Å². The average molecular weight is 785 g/mol. The summed E-state index contributed by atoms with van der Waals surface area (Å²) in [6.45, 7) is 12.8. The Bertz CT molecular complexity index is 1470. The molecule has 8 rings (SSSR count). The lowest BCUT2D eigenvalue weighted by molar-refractivity contribution is -0.355. The van der Waals surface area contributed by atoms with Crippen LogP contribution >= 0.6 is 0 Å². The molecule has 20 atom stereocenters. The lowest BCUT2D eigenvalue weighted by Gasteiger charge is -2.65. The Labute approximate surface area is 324 Å². The number of rotatable bonds is 8. The van der Waals surface area contributed by atoms with Crippen LogP contribution in [-0.2, 0) is 23.7 Å². The Kier molecular flexibility index (Phi) is 9.71. The van der Waals surface area contributed by atoms with Crippen molar-refractivity contribution in [2.24, 2.45) is 44.8 Å². The summed E-state index contributed by atoms with van der Waals surface area (Å²) in [5, 5.41) is 98.2. The van der Waals surface area contributed by atoms with Crippen molar-refractivity contribution in [3.8, 4) is 0 Å². The highest BCUT2D eigenvalue weighted by Crippen LogP contribution is 2.89. The van der Waals surface area contributed by atoms with Crippen molar-refractivity contribution in [3.63, 3.8) is 0 Å². The Hall–Kier alpha value is -0.560. The molecule has 3 aliphatic heterocycles. The van der Waals surface area contributed by atoms with E-state index in [-0.39, 0.29) is 45.5 Å². The Morgan fingerprint density at radius 1 is 0.782 bits per heavy atom. The zero-order chi connectivity index (χ0) is 40.1. The first-order valence-corrected chi connectivity index (χ1v) is 20.8. The van der Waals surface area contributed by atoms with Crippen LogP contribution in [0.15, 0.2) is 0 Å². The van der Waals surface area contributed by atoms with E-state index in [1.54, 1.807) is 13.8 Å². The van der Waals surface area contributed by atoms with Crippen LogP contribution in [0.3, 0.4) is 0 Å². The number of hydrogen-bond acceptors (Lipinski definition) is 14. The lowest BCUT2D eigenvalue weighted by Crippen LogP contribution is -2.65. The number of fused-ring (bicyclic) bond motifs is 2. The van der Waals surface area contributed by atoms with Crippen molar-refractivity contribution in [2.45, 2.75) is 191 Å². The van der Waals surface area contributed by atoms with Gasteiger partial charge in [-0.3, -0.25) is 0 Å². The highest BCUT2D eigenvalue weighted by molar-refractivity contribution is 5.33. The Morgan fingerprint density at radius 3 is 2.11 bits per heavy atom. The van der Waals surface area contributed by atoms with Crippen LogP contribution in [0.5, 0.6) is 0 Å². The van der Waals surface area contributed by atoms with Gasteiger partial charge in [0, 0.05) is 5.92 Å². The number of aliphatic hydroxyl groups is 9. The van der Waals surface area contributed by atoms with E-state index >= 15 is 0 Å². The minimum absolute atomic E-state index is 0.00376. The summed E-state index contributed by atoms with van der Waals surface area (Å²) in [5.41, 5.74) is -4.71. The second kappa shape index (κ2) is 13.0. The Balaban J connectivity index is 1.04. The topological polar surface area (TPSA) is 228 Å². The second-order valence-corrected chi connectivity index (χ2v) is 21.2. The first-order chi connectivity index (χ1) is 25.5. The number of hydrogen-bond donors (Lipinski definition) is 9. The van der Waals surface area contributed by atoms with E-state index in [0.29, 0.717) is 19.3 Å². The average Bonchev–Trinajstić information content (AvgIpc) is 3.25. The maximum atomic E-state index is 12.4. The van der Waals surface area contributed by atoms with Gasteiger partial charge in [0.2, 0.25) is 0 Å². The van der Waals surface area contributed by atoms with E-state index in [4.69, 9.17) is 23.7 Å². The number of ether oxygens (including phenoxy) is 5. The van der Waals surface area contributed by atoms with Crippen molar-refractivity contribution in [1.29, 1.82) is 0 Å². The minimum atomic E-state index is -1.98. The SMILES string of the molecule is CC(C)(O)[C@@H]1CC[C@](C)([C@H]2[C@@H](O)C[C@@]3(C)[C@@H]4C[C@H](O)C5C(C)(C)[C@@H](O[C@@H]6O[C@H](CO)[C@@H](O)[C@H](O)[C@H]6O[C@@H]6OC[C@](O)(CO)[C@H]6O)CC[C@@]56C[C@@]46CC[C@]23C)O1. The third kappa shape index (κ3) is 5.56. The quantitative estimate of drug-likeness (QED) is 0.155. The molecule has 0 aromatic rings. The van der Waals surface area contributed by atoms with Crippen molar-refractivity contribution < 1.29 is 69.6 Å². The van der Waals surface area contributed by atoms with Crippen LogP contribution in [0.2, 0.25) is 0 Å². The van der Waals surface area contributed by atoms with Gasteiger partial charge in [-0.15, -0.1) is 0 Å². The van der Waals surface area contributed by atoms with Crippen molar-refractivity contribution in [3.05, 3.63) is 0 Å². The van der Waals surface area contributed by atoms with E-state index in [2.05, 4.69) is 34.6 Å². The van der Waals surface area contributed by atoms with Crippen LogP contribution in [0.25, 0.3) is 0 Å². The predicted molar refractivity (Wildman–Crippen MR) is 194 cm³/mol. The summed E-state index contributed by atoms with van der Waals surface area (Å²) in [7, 11) is 0. The molecule has 55 heavy (non-hydrogen) atoms. The third-order valence-corrected chi connectivity index (χ3v) is 17.7. The van der Waals surface area contributed by atoms with Crippen molar-refractivity contribution >= 4 is 0 Å². The molecule has 3 heterocycles. The van der Waals surface area contributed by atoms with Gasteiger partial charge in [0.05, 0.1) is 55.4 Å². The lowest BCUT2D eigenvalue weighted by atomic mass is 9.41. The molecule has 0 radical (unpaired) electrons. The van der Waals surface area contributed by atoms with Gasteiger partial charge in [-0.05, 0) is 117 Å². The Morgan fingerprint density at radius 2 is 1.49 bits per heavy atom. The molecule has 5 saturated carbocycles. The first-order valence-electron chi connectivity index (χ1n) is 20.8. The van der Waals surface area contributed by atoms with Crippen LogP contribution in [0, 0.1) is 44.8 Å². The highest BCUT2D eigenvalue weighted by atomic mass is 16.8. The van der Waals surface area contributed by atoms with Gasteiger partial charge in [0.15, 0.2) is 12.6 Å². The summed E-state index contributed by atoms with van der Waals surface area (Å²) >= 11 is 0. The summed E-state index contributed by atoms with van der Waals surface area (Å²) < 4.78 is 30.9. The molecule has 316 valence electrons. The second-order valence-electron chi connectivity index (χ2n) is 21.2. The zero-order valence-corrected chi connectivity index (χ0v) is 33.6. The molecular formula is C41H68O14. The van der Waals surface area contributed by atoms with Crippen LogP contribution in [0.1, 0.15) is 106 Å². The van der Waals surface area contributed by atoms with Gasteiger partial charge in [0.25, 0.3) is 0 Å². The minimum Gasteiger partial charge on any atom is -0.394 e. The van der Waals surface area contributed by atoms with Gasteiger partial charge in [-0.2, -0.15) is 0 Å².